The molecule has 4 aromatic rings. The molecule has 120 valence electrons. The van der Waals surface area contributed by atoms with Gasteiger partial charge < -0.3 is 20.2 Å². The van der Waals surface area contributed by atoms with Crippen LogP contribution in [0.3, 0.4) is 0 Å². The topological polar surface area (TPSA) is 209 Å². The first-order chi connectivity index (χ1) is 11.6. The first kappa shape index (κ1) is 13.3. The standard InChI is InChI=1S/C6H2N14O4/c21-19(22)5-3-4(18(10-5)16-2-8-12-14-16)6(20(23)24)9-17(3)15-1-7-11-13-15/h1-2H. The van der Waals surface area contributed by atoms with E-state index in [-0.39, 0.29) is 11.0 Å². The lowest BCUT2D eigenvalue weighted by molar-refractivity contribution is -0.389. The van der Waals surface area contributed by atoms with Crippen molar-refractivity contribution in [3.8, 4) is 0 Å². The van der Waals surface area contributed by atoms with Crippen molar-refractivity contribution in [2.24, 2.45) is 0 Å². The smallest absolute Gasteiger partial charge is 0.358 e. The van der Waals surface area contributed by atoms with Crippen molar-refractivity contribution >= 4 is 22.7 Å². The zero-order valence-corrected chi connectivity index (χ0v) is 11.0. The van der Waals surface area contributed by atoms with Crippen LogP contribution in [0.15, 0.2) is 12.7 Å². The molecule has 0 radical (unpaired) electrons. The van der Waals surface area contributed by atoms with Crippen LogP contribution in [0.4, 0.5) is 11.6 Å². The molecule has 0 bridgehead atoms. The average molecular weight is 334 g/mol. The third kappa shape index (κ3) is 1.69. The van der Waals surface area contributed by atoms with E-state index in [2.05, 4.69) is 41.2 Å². The molecule has 24 heavy (non-hydrogen) atoms. The third-order valence-corrected chi connectivity index (χ3v) is 2.84. The third-order valence-electron chi connectivity index (χ3n) is 2.84. The highest BCUT2D eigenvalue weighted by atomic mass is 16.6. The van der Waals surface area contributed by atoms with E-state index in [0.29, 0.717) is 0 Å². The van der Waals surface area contributed by atoms with Crippen molar-refractivity contribution in [1.29, 1.82) is 0 Å². The van der Waals surface area contributed by atoms with Crippen LogP contribution in [0.5, 0.6) is 0 Å². The van der Waals surface area contributed by atoms with Gasteiger partial charge in [-0.15, -0.1) is 10.2 Å². The molecule has 18 heteroatoms. The maximum atomic E-state index is 11.3. The van der Waals surface area contributed by atoms with Crippen molar-refractivity contribution in [2.75, 3.05) is 0 Å². The highest BCUT2D eigenvalue weighted by Gasteiger charge is 2.39. The predicted molar refractivity (Wildman–Crippen MR) is 66.1 cm³/mol. The van der Waals surface area contributed by atoms with Crippen LogP contribution < -0.4 is 0 Å². The molecule has 4 heterocycles. The van der Waals surface area contributed by atoms with Gasteiger partial charge in [0, 0.05) is 0 Å². The van der Waals surface area contributed by atoms with Crippen molar-refractivity contribution in [1.82, 2.24) is 60.4 Å². The first-order valence-electron chi connectivity index (χ1n) is 5.85. The van der Waals surface area contributed by atoms with Crippen molar-refractivity contribution < 1.29 is 9.85 Å². The normalized spacial score (nSPS) is 11.2. The summed E-state index contributed by atoms with van der Waals surface area (Å²) in [5.74, 6) is -1.45. The maximum Gasteiger partial charge on any atom is 0.423 e. The molecule has 0 fully saturated rings. The van der Waals surface area contributed by atoms with E-state index >= 15 is 0 Å². The van der Waals surface area contributed by atoms with E-state index in [1.165, 1.54) is 0 Å². The van der Waals surface area contributed by atoms with Crippen molar-refractivity contribution in [3.63, 3.8) is 0 Å². The molecule has 0 spiro atoms. The lowest BCUT2D eigenvalue weighted by Crippen LogP contribution is -2.14. The van der Waals surface area contributed by atoms with E-state index in [0.717, 1.165) is 31.8 Å². The molecule has 4 aromatic heterocycles. The molecule has 0 aliphatic carbocycles. The summed E-state index contributed by atoms with van der Waals surface area (Å²) in [5, 5.41) is 50.4. The van der Waals surface area contributed by atoms with Crippen molar-refractivity contribution in [2.45, 2.75) is 0 Å². The number of hydrogen-bond donors (Lipinski definition) is 0. The van der Waals surface area contributed by atoms with Crippen LogP contribution in [0, 0.1) is 20.2 Å². The Bertz CT molecular complexity index is 969. The van der Waals surface area contributed by atoms with Gasteiger partial charge in [0.15, 0.2) is 12.7 Å². The van der Waals surface area contributed by atoms with Crippen LogP contribution in [-0.2, 0) is 0 Å². The Morgan fingerprint density at radius 1 is 0.792 bits per heavy atom. The number of fused-ring (bicyclic) bond motifs is 1. The molecule has 0 saturated carbocycles. The molecular weight excluding hydrogens is 332 g/mol. The molecule has 0 aliphatic rings. The summed E-state index contributed by atoms with van der Waals surface area (Å²) in [5.41, 5.74) is -0.621. The number of aromatic nitrogens is 12. The Labute approximate surface area is 127 Å². The Hall–Kier alpha value is -4.38. The predicted octanol–water partition coefficient (Wildman–Crippen LogP) is -2.36. The zero-order valence-electron chi connectivity index (χ0n) is 11.0. The molecule has 0 N–H and O–H groups in total. The highest BCUT2D eigenvalue weighted by molar-refractivity contribution is 5.89. The molecule has 0 saturated heterocycles. The quantitative estimate of drug-likeness (QED) is 0.283. The molecule has 18 nitrogen and oxygen atoms in total. The Morgan fingerprint density at radius 3 is 1.50 bits per heavy atom. The first-order valence-corrected chi connectivity index (χ1v) is 5.85. The minimum Gasteiger partial charge on any atom is -0.358 e. The largest absolute Gasteiger partial charge is 0.423 e. The van der Waals surface area contributed by atoms with Crippen LogP contribution >= 0.6 is 0 Å². The van der Waals surface area contributed by atoms with E-state index in [1.807, 2.05) is 0 Å². The van der Waals surface area contributed by atoms with Crippen LogP contribution in [0.2, 0.25) is 0 Å². The second-order valence-electron chi connectivity index (χ2n) is 4.10. The summed E-state index contributed by atoms with van der Waals surface area (Å²) >= 11 is 0. The Morgan fingerprint density at radius 2 is 1.21 bits per heavy atom. The molecule has 4 rings (SSSR count). The SMILES string of the molecule is O=[N+]([O-])c1nn(-n2cnnn2)c2c([N+](=O)[O-])nn(-n3cnnn3)c12. The van der Waals surface area contributed by atoms with Gasteiger partial charge in [0.25, 0.3) is 0 Å². The fraction of sp³-hybridized carbons (Fsp3) is 0. The molecule has 0 atom stereocenters. The number of nitrogens with zero attached hydrogens (tertiary/aromatic N) is 14. The van der Waals surface area contributed by atoms with Gasteiger partial charge in [-0.1, -0.05) is 9.58 Å². The summed E-state index contributed by atoms with van der Waals surface area (Å²) in [6, 6.07) is 0. The van der Waals surface area contributed by atoms with E-state index in [9.17, 15) is 20.2 Å². The minimum absolute atomic E-state index is 0.311. The van der Waals surface area contributed by atoms with Gasteiger partial charge in [0.2, 0.25) is 11.0 Å². The summed E-state index contributed by atoms with van der Waals surface area (Å²) in [6.45, 7) is 0. The van der Waals surface area contributed by atoms with Crippen LogP contribution in [0.25, 0.3) is 11.0 Å². The number of hydrogen-bond acceptors (Lipinski definition) is 12. The second kappa shape index (κ2) is 4.56. The van der Waals surface area contributed by atoms with E-state index in [1.54, 1.807) is 0 Å². The molecule has 0 unspecified atom stereocenters. The van der Waals surface area contributed by atoms with Gasteiger partial charge >= 0.3 is 11.6 Å². The van der Waals surface area contributed by atoms with Crippen molar-refractivity contribution in [3.05, 3.63) is 32.9 Å². The summed E-state index contributed by atoms with van der Waals surface area (Å²) in [4.78, 5) is 24.2. The number of rotatable bonds is 4. The molecule has 0 aromatic carbocycles. The molecule has 0 amide bonds. The minimum atomic E-state index is -0.838. The lowest BCUT2D eigenvalue weighted by atomic mass is 10.4. The average Bonchev–Trinajstić information content (AvgIpc) is 3.29. The van der Waals surface area contributed by atoms with Crippen LogP contribution in [-0.4, -0.2) is 70.3 Å². The fourth-order valence-electron chi connectivity index (χ4n) is 1.98. The monoisotopic (exact) mass is 334 g/mol. The number of nitro groups is 2. The summed E-state index contributed by atoms with van der Waals surface area (Å²) in [7, 11) is 0. The summed E-state index contributed by atoms with van der Waals surface area (Å²) in [6.07, 6.45) is 2.10. The number of tetrazole rings is 2. The second-order valence-corrected chi connectivity index (χ2v) is 4.10. The van der Waals surface area contributed by atoms with E-state index < -0.39 is 21.5 Å². The zero-order chi connectivity index (χ0) is 16.8. The van der Waals surface area contributed by atoms with Gasteiger partial charge in [-0.25, -0.2) is 0 Å². The fourth-order valence-corrected chi connectivity index (χ4v) is 1.98. The molecular formula is C6H2N14O4. The van der Waals surface area contributed by atoms with Gasteiger partial charge in [-0.05, 0) is 40.3 Å². The molecule has 0 aliphatic heterocycles. The van der Waals surface area contributed by atoms with Crippen LogP contribution in [0.1, 0.15) is 0 Å². The Balaban J connectivity index is 2.16. The maximum absolute atomic E-state index is 11.3. The summed E-state index contributed by atoms with van der Waals surface area (Å²) < 4.78 is 0. The van der Waals surface area contributed by atoms with E-state index in [4.69, 9.17) is 0 Å². The Kier molecular flexibility index (Phi) is 2.52. The van der Waals surface area contributed by atoms with Gasteiger partial charge in [-0.2, -0.15) is 0 Å². The van der Waals surface area contributed by atoms with Gasteiger partial charge in [0.05, 0.1) is 10.2 Å². The van der Waals surface area contributed by atoms with Gasteiger partial charge in [-0.3, -0.25) is 0 Å². The highest BCUT2D eigenvalue weighted by Crippen LogP contribution is 2.31. The van der Waals surface area contributed by atoms with Gasteiger partial charge in [0.1, 0.15) is 0 Å². The lowest BCUT2D eigenvalue weighted by Gasteiger charge is -1.93.